The first-order chi connectivity index (χ1) is 8.06. The van der Waals surface area contributed by atoms with Gasteiger partial charge in [0, 0.05) is 23.9 Å². The number of carboxylic acid groups (broad SMARTS) is 1. The van der Waals surface area contributed by atoms with E-state index in [4.69, 9.17) is 4.74 Å². The van der Waals surface area contributed by atoms with Gasteiger partial charge in [0.15, 0.2) is 0 Å². The van der Waals surface area contributed by atoms with Crippen LogP contribution in [0.3, 0.4) is 0 Å². The highest BCUT2D eigenvalue weighted by atomic mass is 79.9. The van der Waals surface area contributed by atoms with E-state index in [0.29, 0.717) is 31.7 Å². The number of carboxylic acids is 1. The van der Waals surface area contributed by atoms with Gasteiger partial charge >= 0.3 is 5.97 Å². The Morgan fingerprint density at radius 1 is 1.53 bits per heavy atom. The minimum Gasteiger partial charge on any atom is -0.481 e. The first kappa shape index (κ1) is 12.5. The van der Waals surface area contributed by atoms with Crippen LogP contribution >= 0.6 is 15.9 Å². The molecular formula is C12H14BrNO3. The molecule has 0 spiro atoms. The molecule has 0 bridgehead atoms. The summed E-state index contributed by atoms with van der Waals surface area (Å²) in [6, 6.07) is 1.91. The highest BCUT2D eigenvalue weighted by Crippen LogP contribution is 2.36. The van der Waals surface area contributed by atoms with Crippen LogP contribution < -0.4 is 0 Å². The van der Waals surface area contributed by atoms with Gasteiger partial charge in [-0.05, 0) is 47.3 Å². The summed E-state index contributed by atoms with van der Waals surface area (Å²) in [5, 5.41) is 9.53. The van der Waals surface area contributed by atoms with Crippen molar-refractivity contribution in [2.45, 2.75) is 25.2 Å². The molecule has 5 heteroatoms. The molecule has 1 N–H and O–H groups in total. The van der Waals surface area contributed by atoms with E-state index >= 15 is 0 Å². The molecule has 0 unspecified atom stereocenters. The van der Waals surface area contributed by atoms with Crippen molar-refractivity contribution in [3.8, 4) is 0 Å². The van der Waals surface area contributed by atoms with Crippen molar-refractivity contribution in [3.63, 3.8) is 0 Å². The second-order valence-electron chi connectivity index (χ2n) is 4.32. The largest absolute Gasteiger partial charge is 0.481 e. The third-order valence-electron chi connectivity index (χ3n) is 3.25. The maximum Gasteiger partial charge on any atom is 0.315 e. The summed E-state index contributed by atoms with van der Waals surface area (Å²) < 4.78 is 6.13. The van der Waals surface area contributed by atoms with E-state index in [1.165, 1.54) is 0 Å². The van der Waals surface area contributed by atoms with Crippen molar-refractivity contribution in [2.24, 2.45) is 0 Å². The smallest absolute Gasteiger partial charge is 0.315 e. The predicted octanol–water partition coefficient (Wildman–Crippen LogP) is 2.29. The van der Waals surface area contributed by atoms with E-state index in [0.717, 1.165) is 10.0 Å². The van der Waals surface area contributed by atoms with Crippen molar-refractivity contribution >= 4 is 21.9 Å². The van der Waals surface area contributed by atoms with Crippen LogP contribution in [0.1, 0.15) is 24.1 Å². The van der Waals surface area contributed by atoms with Gasteiger partial charge in [-0.3, -0.25) is 9.78 Å². The molecule has 1 aromatic rings. The standard InChI is InChI=1S/C12H14BrNO3/c1-8-6-9(13)7-14-10(8)12(11(15)16)2-4-17-5-3-12/h6-7H,2-5H2,1H3,(H,15,16). The zero-order valence-electron chi connectivity index (χ0n) is 9.57. The Kier molecular flexibility index (Phi) is 3.49. The summed E-state index contributed by atoms with van der Waals surface area (Å²) in [7, 11) is 0. The normalized spacial score (nSPS) is 18.9. The third kappa shape index (κ3) is 2.21. The Bertz CT molecular complexity index is 441. The predicted molar refractivity (Wildman–Crippen MR) is 66.0 cm³/mol. The van der Waals surface area contributed by atoms with Gasteiger partial charge in [-0.15, -0.1) is 0 Å². The molecule has 17 heavy (non-hydrogen) atoms. The Labute approximate surface area is 108 Å². The van der Waals surface area contributed by atoms with Crippen LogP contribution in [0.2, 0.25) is 0 Å². The number of pyridine rings is 1. The molecule has 0 atom stereocenters. The summed E-state index contributed by atoms with van der Waals surface area (Å²) in [5.41, 5.74) is 0.684. The topological polar surface area (TPSA) is 59.4 Å². The molecule has 1 saturated heterocycles. The summed E-state index contributed by atoms with van der Waals surface area (Å²) >= 11 is 3.34. The molecule has 1 aliphatic heterocycles. The lowest BCUT2D eigenvalue weighted by atomic mass is 9.75. The van der Waals surface area contributed by atoms with E-state index in [1.54, 1.807) is 6.20 Å². The fraction of sp³-hybridized carbons (Fsp3) is 0.500. The number of aryl methyl sites for hydroxylation is 1. The van der Waals surface area contributed by atoms with Gasteiger partial charge in [0.25, 0.3) is 0 Å². The molecule has 2 rings (SSSR count). The van der Waals surface area contributed by atoms with E-state index in [9.17, 15) is 9.90 Å². The van der Waals surface area contributed by atoms with Crippen molar-refractivity contribution in [1.29, 1.82) is 0 Å². The first-order valence-corrected chi connectivity index (χ1v) is 6.29. The Hall–Kier alpha value is -0.940. The van der Waals surface area contributed by atoms with E-state index < -0.39 is 11.4 Å². The number of nitrogens with zero attached hydrogens (tertiary/aromatic N) is 1. The summed E-state index contributed by atoms with van der Waals surface area (Å²) in [6.07, 6.45) is 2.62. The molecule has 92 valence electrons. The molecule has 1 aliphatic rings. The van der Waals surface area contributed by atoms with Crippen LogP contribution in [0.25, 0.3) is 0 Å². The SMILES string of the molecule is Cc1cc(Br)cnc1C1(C(=O)O)CCOCC1. The minimum atomic E-state index is -0.886. The average Bonchev–Trinajstić information content (AvgIpc) is 2.29. The molecule has 0 amide bonds. The van der Waals surface area contributed by atoms with Crippen molar-refractivity contribution < 1.29 is 14.6 Å². The lowest BCUT2D eigenvalue weighted by Crippen LogP contribution is -2.42. The molecule has 4 nitrogen and oxygen atoms in total. The van der Waals surface area contributed by atoms with Crippen molar-refractivity contribution in [2.75, 3.05) is 13.2 Å². The van der Waals surface area contributed by atoms with Crippen LogP contribution in [-0.4, -0.2) is 29.3 Å². The fourth-order valence-electron chi connectivity index (χ4n) is 2.31. The van der Waals surface area contributed by atoms with Gasteiger partial charge in [0.05, 0.1) is 5.69 Å². The molecule has 0 radical (unpaired) electrons. The monoisotopic (exact) mass is 299 g/mol. The maximum atomic E-state index is 11.6. The van der Waals surface area contributed by atoms with E-state index in [2.05, 4.69) is 20.9 Å². The van der Waals surface area contributed by atoms with E-state index in [1.807, 2.05) is 13.0 Å². The minimum absolute atomic E-state index is 0.476. The quantitative estimate of drug-likeness (QED) is 0.910. The van der Waals surface area contributed by atoms with Crippen LogP contribution in [-0.2, 0) is 14.9 Å². The Morgan fingerprint density at radius 2 is 2.18 bits per heavy atom. The van der Waals surface area contributed by atoms with Gasteiger partial charge in [0.2, 0.25) is 0 Å². The van der Waals surface area contributed by atoms with Gasteiger partial charge in [-0.2, -0.15) is 0 Å². The van der Waals surface area contributed by atoms with Gasteiger partial charge in [-0.25, -0.2) is 0 Å². The van der Waals surface area contributed by atoms with Gasteiger partial charge in [-0.1, -0.05) is 0 Å². The number of aromatic nitrogens is 1. The lowest BCUT2D eigenvalue weighted by Gasteiger charge is -2.33. The molecule has 1 aromatic heterocycles. The fourth-order valence-corrected chi connectivity index (χ4v) is 2.76. The number of rotatable bonds is 2. The number of carbonyl (C=O) groups is 1. The molecular weight excluding hydrogens is 286 g/mol. The second kappa shape index (κ2) is 4.74. The van der Waals surface area contributed by atoms with Crippen LogP contribution in [0.5, 0.6) is 0 Å². The Balaban J connectivity index is 2.49. The number of hydrogen-bond acceptors (Lipinski definition) is 3. The van der Waals surface area contributed by atoms with E-state index in [-0.39, 0.29) is 0 Å². The highest BCUT2D eigenvalue weighted by molar-refractivity contribution is 9.10. The molecule has 2 heterocycles. The number of aliphatic carboxylic acids is 1. The van der Waals surface area contributed by atoms with Crippen LogP contribution in [0.4, 0.5) is 0 Å². The Morgan fingerprint density at radius 3 is 2.71 bits per heavy atom. The number of hydrogen-bond donors (Lipinski definition) is 1. The van der Waals surface area contributed by atoms with Gasteiger partial charge < -0.3 is 9.84 Å². The van der Waals surface area contributed by atoms with Crippen molar-refractivity contribution in [1.82, 2.24) is 4.98 Å². The molecule has 0 saturated carbocycles. The molecule has 1 fully saturated rings. The number of ether oxygens (including phenoxy) is 1. The summed E-state index contributed by atoms with van der Waals surface area (Å²) in [5.74, 6) is -0.807. The number of halogens is 1. The average molecular weight is 300 g/mol. The maximum absolute atomic E-state index is 11.6. The highest BCUT2D eigenvalue weighted by Gasteiger charge is 2.44. The first-order valence-electron chi connectivity index (χ1n) is 5.50. The third-order valence-corrected chi connectivity index (χ3v) is 3.69. The van der Waals surface area contributed by atoms with Gasteiger partial charge in [0.1, 0.15) is 5.41 Å². The zero-order chi connectivity index (χ0) is 12.5. The molecule has 0 aromatic carbocycles. The van der Waals surface area contributed by atoms with Crippen molar-refractivity contribution in [3.05, 3.63) is 28.0 Å². The zero-order valence-corrected chi connectivity index (χ0v) is 11.2. The second-order valence-corrected chi connectivity index (χ2v) is 5.23. The summed E-state index contributed by atoms with van der Waals surface area (Å²) in [6.45, 7) is 2.85. The van der Waals surface area contributed by atoms with Crippen LogP contribution in [0.15, 0.2) is 16.7 Å². The summed E-state index contributed by atoms with van der Waals surface area (Å²) in [4.78, 5) is 15.9. The molecule has 0 aliphatic carbocycles. The lowest BCUT2D eigenvalue weighted by molar-refractivity contribution is -0.148. The van der Waals surface area contributed by atoms with Crippen LogP contribution in [0, 0.1) is 6.92 Å².